The standard InChI is InChI=1S/C17H10INO6/c18-17(19,7-1-3-9-11(5-7)15(22)24-13(9)20)8-2-4-10-12(6-8)16(23)25-14(10)21/h1-5,8H,6,19H2. The fourth-order valence-corrected chi connectivity index (χ4v) is 3.89. The van der Waals surface area contributed by atoms with Gasteiger partial charge in [0.2, 0.25) is 0 Å². The second-order valence-electron chi connectivity index (χ2n) is 5.94. The van der Waals surface area contributed by atoms with Crippen molar-refractivity contribution in [3.05, 3.63) is 58.2 Å². The second-order valence-corrected chi connectivity index (χ2v) is 7.73. The number of carbonyl (C=O) groups is 4. The SMILES string of the molecule is NC(I)(c1ccc2c(c1)C(=O)OC2=O)C1C=CC2=C(C1)C(=O)OC2=O. The zero-order valence-electron chi connectivity index (χ0n) is 12.6. The van der Waals surface area contributed by atoms with E-state index in [2.05, 4.69) is 9.47 Å². The summed E-state index contributed by atoms with van der Waals surface area (Å²) in [4.78, 5) is 46.7. The van der Waals surface area contributed by atoms with Gasteiger partial charge in [0.05, 0.1) is 22.3 Å². The van der Waals surface area contributed by atoms with Crippen molar-refractivity contribution in [2.45, 2.75) is 9.97 Å². The number of hydrogen-bond donors (Lipinski definition) is 1. The summed E-state index contributed by atoms with van der Waals surface area (Å²) >= 11 is 2.03. The number of fused-ring (bicyclic) bond motifs is 1. The Morgan fingerprint density at radius 1 is 1.00 bits per heavy atom. The van der Waals surface area contributed by atoms with Crippen molar-refractivity contribution in [1.82, 2.24) is 0 Å². The minimum absolute atomic E-state index is 0.170. The maximum Gasteiger partial charge on any atom is 0.346 e. The summed E-state index contributed by atoms with van der Waals surface area (Å²) in [7, 11) is 0. The molecule has 3 aliphatic rings. The molecule has 0 radical (unpaired) electrons. The van der Waals surface area contributed by atoms with E-state index in [9.17, 15) is 19.2 Å². The van der Waals surface area contributed by atoms with Gasteiger partial charge in [-0.3, -0.25) is 0 Å². The molecular weight excluding hydrogens is 441 g/mol. The van der Waals surface area contributed by atoms with E-state index < -0.39 is 27.4 Å². The molecule has 2 atom stereocenters. The predicted octanol–water partition coefficient (Wildman–Crippen LogP) is 1.50. The summed E-state index contributed by atoms with van der Waals surface area (Å²) in [6.45, 7) is 0. The van der Waals surface area contributed by atoms with Gasteiger partial charge < -0.3 is 15.2 Å². The molecule has 1 aromatic carbocycles. The Balaban J connectivity index is 1.69. The fourth-order valence-electron chi connectivity index (χ4n) is 3.12. The Morgan fingerprint density at radius 2 is 1.68 bits per heavy atom. The highest BCUT2D eigenvalue weighted by atomic mass is 127. The van der Waals surface area contributed by atoms with Gasteiger partial charge in [0.1, 0.15) is 3.55 Å². The third kappa shape index (κ3) is 2.35. The van der Waals surface area contributed by atoms with Crippen molar-refractivity contribution >= 4 is 46.5 Å². The van der Waals surface area contributed by atoms with Crippen LogP contribution in [0.2, 0.25) is 0 Å². The Morgan fingerprint density at radius 3 is 2.44 bits per heavy atom. The molecule has 0 saturated carbocycles. The number of ether oxygens (including phenoxy) is 2. The number of carbonyl (C=O) groups excluding carboxylic acids is 4. The molecule has 0 saturated heterocycles. The molecule has 4 rings (SSSR count). The zero-order chi connectivity index (χ0) is 17.9. The number of benzene rings is 1. The first-order valence-corrected chi connectivity index (χ1v) is 8.43. The number of rotatable bonds is 2. The number of alkyl halides is 1. The Labute approximate surface area is 155 Å². The van der Waals surface area contributed by atoms with Crippen molar-refractivity contribution in [1.29, 1.82) is 0 Å². The van der Waals surface area contributed by atoms with Crippen molar-refractivity contribution in [2.24, 2.45) is 11.7 Å². The van der Waals surface area contributed by atoms with Crippen LogP contribution in [0.4, 0.5) is 0 Å². The van der Waals surface area contributed by atoms with E-state index in [0.29, 0.717) is 11.1 Å². The van der Waals surface area contributed by atoms with Crippen molar-refractivity contribution < 1.29 is 28.7 Å². The summed E-state index contributed by atoms with van der Waals surface area (Å²) in [5, 5.41) is 0. The molecule has 2 aliphatic heterocycles. The van der Waals surface area contributed by atoms with E-state index in [1.54, 1.807) is 18.2 Å². The highest BCUT2D eigenvalue weighted by Gasteiger charge is 2.42. The smallest absolute Gasteiger partial charge is 0.346 e. The maximum atomic E-state index is 11.8. The van der Waals surface area contributed by atoms with Crippen LogP contribution in [0.3, 0.4) is 0 Å². The van der Waals surface area contributed by atoms with Gasteiger partial charge in [-0.2, -0.15) is 0 Å². The Bertz CT molecular complexity index is 942. The van der Waals surface area contributed by atoms with Gasteiger partial charge in [-0.1, -0.05) is 40.8 Å². The molecule has 126 valence electrons. The molecule has 7 nitrogen and oxygen atoms in total. The van der Waals surface area contributed by atoms with Gasteiger partial charge >= 0.3 is 23.9 Å². The summed E-state index contributed by atoms with van der Waals surface area (Å²) in [6.07, 6.45) is 3.54. The largest absolute Gasteiger partial charge is 0.386 e. The van der Waals surface area contributed by atoms with E-state index >= 15 is 0 Å². The normalized spacial score (nSPS) is 24.0. The number of hydrogen-bond acceptors (Lipinski definition) is 7. The van der Waals surface area contributed by atoms with Crippen molar-refractivity contribution in [3.63, 3.8) is 0 Å². The molecule has 8 heteroatoms. The number of cyclic esters (lactones) is 4. The molecule has 0 bridgehead atoms. The predicted molar refractivity (Wildman–Crippen MR) is 91.4 cm³/mol. The number of halogens is 1. The van der Waals surface area contributed by atoms with Crippen LogP contribution in [0.15, 0.2) is 41.5 Å². The molecular formula is C17H10INO6. The first kappa shape index (κ1) is 16.2. The first-order valence-electron chi connectivity index (χ1n) is 7.35. The lowest BCUT2D eigenvalue weighted by Crippen LogP contribution is -2.38. The summed E-state index contributed by atoms with van der Waals surface area (Å²) in [5.41, 5.74) is 8.04. The van der Waals surface area contributed by atoms with Crippen LogP contribution in [-0.2, 0) is 22.6 Å². The van der Waals surface area contributed by atoms with E-state index in [4.69, 9.17) is 5.73 Å². The van der Waals surface area contributed by atoms with E-state index in [1.165, 1.54) is 12.1 Å². The van der Waals surface area contributed by atoms with Gasteiger partial charge in [-0.25, -0.2) is 19.2 Å². The van der Waals surface area contributed by atoms with E-state index in [-0.39, 0.29) is 29.0 Å². The van der Waals surface area contributed by atoms with Crippen LogP contribution >= 0.6 is 22.6 Å². The first-order chi connectivity index (χ1) is 11.8. The van der Waals surface area contributed by atoms with Gasteiger partial charge in [-0.05, 0) is 24.1 Å². The highest BCUT2D eigenvalue weighted by molar-refractivity contribution is 14.1. The molecule has 2 heterocycles. The quantitative estimate of drug-likeness (QED) is 0.239. The summed E-state index contributed by atoms with van der Waals surface area (Å²) in [5.74, 6) is -2.99. The molecule has 0 amide bonds. The minimum atomic E-state index is -0.973. The second kappa shape index (κ2) is 5.33. The van der Waals surface area contributed by atoms with E-state index in [0.717, 1.165) is 0 Å². The highest BCUT2D eigenvalue weighted by Crippen LogP contribution is 2.43. The van der Waals surface area contributed by atoms with Crippen LogP contribution in [-0.4, -0.2) is 23.9 Å². The van der Waals surface area contributed by atoms with Gasteiger partial charge in [0.15, 0.2) is 0 Å². The number of esters is 4. The third-order valence-electron chi connectivity index (χ3n) is 4.52. The lowest BCUT2D eigenvalue weighted by Gasteiger charge is -2.32. The lowest BCUT2D eigenvalue weighted by atomic mass is 9.82. The van der Waals surface area contributed by atoms with Gasteiger partial charge in [0, 0.05) is 5.92 Å². The minimum Gasteiger partial charge on any atom is -0.386 e. The summed E-state index contributed by atoms with van der Waals surface area (Å²) in [6, 6.07) is 4.69. The van der Waals surface area contributed by atoms with Crippen LogP contribution in [0, 0.1) is 5.92 Å². The third-order valence-corrected chi connectivity index (χ3v) is 5.95. The molecule has 2 N–H and O–H groups in total. The average molecular weight is 451 g/mol. The molecule has 1 aromatic rings. The number of nitrogens with two attached hydrogens (primary N) is 1. The average Bonchev–Trinajstić information content (AvgIpc) is 3.03. The van der Waals surface area contributed by atoms with Crippen LogP contribution in [0.1, 0.15) is 32.7 Å². The Hall–Kier alpha value is -2.33. The molecule has 2 unspecified atom stereocenters. The maximum absolute atomic E-state index is 11.8. The van der Waals surface area contributed by atoms with Crippen LogP contribution in [0.5, 0.6) is 0 Å². The Kier molecular flexibility index (Phi) is 3.45. The van der Waals surface area contributed by atoms with Crippen molar-refractivity contribution in [3.8, 4) is 0 Å². The van der Waals surface area contributed by atoms with Crippen LogP contribution < -0.4 is 5.73 Å². The molecule has 0 fully saturated rings. The van der Waals surface area contributed by atoms with Gasteiger partial charge in [-0.15, -0.1) is 0 Å². The molecule has 25 heavy (non-hydrogen) atoms. The zero-order valence-corrected chi connectivity index (χ0v) is 14.7. The molecule has 1 aliphatic carbocycles. The fraction of sp³-hybridized carbons (Fsp3) is 0.176. The van der Waals surface area contributed by atoms with E-state index in [1.807, 2.05) is 22.6 Å². The molecule has 0 spiro atoms. The van der Waals surface area contributed by atoms with Crippen LogP contribution in [0.25, 0.3) is 0 Å². The molecule has 0 aromatic heterocycles. The van der Waals surface area contributed by atoms with Gasteiger partial charge in [0.25, 0.3) is 0 Å². The monoisotopic (exact) mass is 451 g/mol. The summed E-state index contributed by atoms with van der Waals surface area (Å²) < 4.78 is 8.23. The lowest BCUT2D eigenvalue weighted by molar-refractivity contribution is -0.151. The van der Waals surface area contributed by atoms with Crippen molar-refractivity contribution in [2.75, 3.05) is 0 Å². The topological polar surface area (TPSA) is 113 Å².